The Morgan fingerprint density at radius 3 is 2.69 bits per heavy atom. The molecule has 0 saturated heterocycles. The molecule has 1 aromatic rings. The van der Waals surface area contributed by atoms with Crippen molar-refractivity contribution in [2.45, 2.75) is 12.8 Å². The van der Waals surface area contributed by atoms with Crippen molar-refractivity contribution in [3.63, 3.8) is 0 Å². The lowest BCUT2D eigenvalue weighted by Gasteiger charge is -1.98. The van der Waals surface area contributed by atoms with Gasteiger partial charge in [0.15, 0.2) is 0 Å². The smallest absolute Gasteiger partial charge is 0.330 e. The van der Waals surface area contributed by atoms with Crippen molar-refractivity contribution in [2.24, 2.45) is 5.92 Å². The van der Waals surface area contributed by atoms with Gasteiger partial charge >= 0.3 is 5.97 Å². The molecule has 2 rings (SSSR count). The van der Waals surface area contributed by atoms with Gasteiger partial charge in [0.1, 0.15) is 5.82 Å². The van der Waals surface area contributed by atoms with Crippen LogP contribution in [0.2, 0.25) is 0 Å². The van der Waals surface area contributed by atoms with E-state index in [1.54, 1.807) is 18.2 Å². The zero-order valence-electron chi connectivity index (χ0n) is 8.86. The molecule has 2 nitrogen and oxygen atoms in total. The minimum absolute atomic E-state index is 0.284. The van der Waals surface area contributed by atoms with E-state index in [1.165, 1.54) is 18.2 Å². The predicted molar refractivity (Wildman–Crippen MR) is 59.1 cm³/mol. The van der Waals surface area contributed by atoms with Crippen LogP contribution in [0.5, 0.6) is 0 Å². The van der Waals surface area contributed by atoms with Gasteiger partial charge in [0.25, 0.3) is 0 Å². The summed E-state index contributed by atoms with van der Waals surface area (Å²) in [5, 5.41) is 0. The molecule has 1 aromatic carbocycles. The molecule has 0 radical (unpaired) electrons. The van der Waals surface area contributed by atoms with Gasteiger partial charge in [0.05, 0.1) is 6.61 Å². The van der Waals surface area contributed by atoms with Crippen LogP contribution in [0.4, 0.5) is 4.39 Å². The van der Waals surface area contributed by atoms with Crippen LogP contribution in [0, 0.1) is 11.7 Å². The summed E-state index contributed by atoms with van der Waals surface area (Å²) in [6.45, 7) is 0.520. The van der Waals surface area contributed by atoms with Crippen LogP contribution in [-0.2, 0) is 9.53 Å². The maximum atomic E-state index is 12.6. The van der Waals surface area contributed by atoms with Gasteiger partial charge in [-0.15, -0.1) is 0 Å². The van der Waals surface area contributed by atoms with E-state index in [-0.39, 0.29) is 11.8 Å². The molecule has 0 N–H and O–H groups in total. The summed E-state index contributed by atoms with van der Waals surface area (Å²) >= 11 is 0. The zero-order chi connectivity index (χ0) is 11.4. The summed E-state index contributed by atoms with van der Waals surface area (Å²) in [6.07, 6.45) is 5.31. The zero-order valence-corrected chi connectivity index (χ0v) is 8.86. The van der Waals surface area contributed by atoms with Gasteiger partial charge in [-0.2, -0.15) is 0 Å². The summed E-state index contributed by atoms with van der Waals surface area (Å²) in [5.74, 6) is -0.0483. The lowest BCUT2D eigenvalue weighted by molar-refractivity contribution is -0.138. The van der Waals surface area contributed by atoms with E-state index in [1.807, 2.05) is 0 Å². The molecule has 16 heavy (non-hydrogen) atoms. The van der Waals surface area contributed by atoms with Crippen molar-refractivity contribution >= 4 is 12.0 Å². The molecule has 0 aromatic heterocycles. The third-order valence-corrected chi connectivity index (χ3v) is 2.44. The van der Waals surface area contributed by atoms with Crippen molar-refractivity contribution in [1.82, 2.24) is 0 Å². The molecule has 0 spiro atoms. The normalized spacial score (nSPS) is 15.3. The first kappa shape index (κ1) is 10.9. The second-order valence-electron chi connectivity index (χ2n) is 3.96. The lowest BCUT2D eigenvalue weighted by atomic mass is 10.2. The van der Waals surface area contributed by atoms with Crippen molar-refractivity contribution in [2.75, 3.05) is 6.61 Å². The second kappa shape index (κ2) is 4.92. The highest BCUT2D eigenvalue weighted by molar-refractivity contribution is 5.87. The maximum Gasteiger partial charge on any atom is 0.330 e. The van der Waals surface area contributed by atoms with E-state index in [4.69, 9.17) is 4.74 Å². The highest BCUT2D eigenvalue weighted by Crippen LogP contribution is 2.28. The number of rotatable bonds is 4. The molecule has 1 aliphatic carbocycles. The van der Waals surface area contributed by atoms with Gasteiger partial charge in [-0.1, -0.05) is 12.1 Å². The molecular formula is C13H13FO2. The van der Waals surface area contributed by atoms with Crippen molar-refractivity contribution < 1.29 is 13.9 Å². The Balaban J connectivity index is 1.82. The standard InChI is InChI=1S/C13H13FO2/c14-12-6-3-10(4-7-12)5-8-13(15)16-9-11-1-2-11/h3-8,11H,1-2,9H2/b8-5+. The molecule has 0 heterocycles. The Labute approximate surface area is 93.7 Å². The molecule has 0 amide bonds. The van der Waals surface area contributed by atoms with Crippen molar-refractivity contribution in [3.8, 4) is 0 Å². The number of hydrogen-bond donors (Lipinski definition) is 0. The summed E-state index contributed by atoms with van der Waals surface area (Å²) in [5.41, 5.74) is 0.782. The number of esters is 1. The van der Waals surface area contributed by atoms with Gasteiger partial charge in [-0.3, -0.25) is 0 Å². The lowest BCUT2D eigenvalue weighted by Crippen LogP contribution is -2.03. The Kier molecular flexibility index (Phi) is 3.34. The predicted octanol–water partition coefficient (Wildman–Crippen LogP) is 2.79. The monoisotopic (exact) mass is 220 g/mol. The fourth-order valence-corrected chi connectivity index (χ4v) is 1.27. The van der Waals surface area contributed by atoms with Gasteiger partial charge < -0.3 is 4.74 Å². The number of hydrogen-bond acceptors (Lipinski definition) is 2. The first-order valence-electron chi connectivity index (χ1n) is 5.34. The molecule has 0 aliphatic heterocycles. The minimum Gasteiger partial charge on any atom is -0.462 e. The van der Waals surface area contributed by atoms with Crippen LogP contribution in [0.25, 0.3) is 6.08 Å². The first-order valence-corrected chi connectivity index (χ1v) is 5.34. The summed E-state index contributed by atoms with van der Waals surface area (Å²) in [6, 6.07) is 5.93. The second-order valence-corrected chi connectivity index (χ2v) is 3.96. The molecule has 84 valence electrons. The van der Waals surface area contributed by atoms with E-state index < -0.39 is 0 Å². The summed E-state index contributed by atoms with van der Waals surface area (Å²) in [4.78, 5) is 11.2. The number of carbonyl (C=O) groups excluding carboxylic acids is 1. The average molecular weight is 220 g/mol. The molecule has 0 atom stereocenters. The van der Waals surface area contributed by atoms with Gasteiger partial charge in [0, 0.05) is 6.08 Å². The van der Waals surface area contributed by atoms with Crippen molar-refractivity contribution in [1.29, 1.82) is 0 Å². The Bertz CT molecular complexity index is 391. The molecule has 1 aliphatic rings. The highest BCUT2D eigenvalue weighted by Gasteiger charge is 2.22. The van der Waals surface area contributed by atoms with E-state index in [0.29, 0.717) is 12.5 Å². The van der Waals surface area contributed by atoms with E-state index in [2.05, 4.69) is 0 Å². The molecule has 0 bridgehead atoms. The third kappa shape index (κ3) is 3.50. The van der Waals surface area contributed by atoms with Gasteiger partial charge in [-0.05, 0) is 42.5 Å². The van der Waals surface area contributed by atoms with Crippen LogP contribution < -0.4 is 0 Å². The SMILES string of the molecule is O=C(/C=C/c1ccc(F)cc1)OCC1CC1. The first-order chi connectivity index (χ1) is 7.74. The third-order valence-electron chi connectivity index (χ3n) is 2.44. The fourth-order valence-electron chi connectivity index (χ4n) is 1.27. The number of halogens is 1. The summed E-state index contributed by atoms with van der Waals surface area (Å²) < 4.78 is 17.6. The van der Waals surface area contributed by atoms with Crippen LogP contribution in [0.3, 0.4) is 0 Å². The Hall–Kier alpha value is -1.64. The van der Waals surface area contributed by atoms with E-state index in [0.717, 1.165) is 18.4 Å². The molecular weight excluding hydrogens is 207 g/mol. The topological polar surface area (TPSA) is 26.3 Å². The molecule has 1 fully saturated rings. The number of carbonyl (C=O) groups is 1. The maximum absolute atomic E-state index is 12.6. The molecule has 0 unspecified atom stereocenters. The number of ether oxygens (including phenoxy) is 1. The van der Waals surface area contributed by atoms with Crippen molar-refractivity contribution in [3.05, 3.63) is 41.7 Å². The highest BCUT2D eigenvalue weighted by atomic mass is 19.1. The van der Waals surface area contributed by atoms with Crippen LogP contribution in [0.1, 0.15) is 18.4 Å². The van der Waals surface area contributed by atoms with E-state index in [9.17, 15) is 9.18 Å². The average Bonchev–Trinajstić information content (AvgIpc) is 3.09. The van der Waals surface area contributed by atoms with E-state index >= 15 is 0 Å². The van der Waals surface area contributed by atoms with Crippen LogP contribution in [-0.4, -0.2) is 12.6 Å². The van der Waals surface area contributed by atoms with Crippen LogP contribution >= 0.6 is 0 Å². The molecule has 3 heteroatoms. The Morgan fingerprint density at radius 1 is 1.38 bits per heavy atom. The fraction of sp³-hybridized carbons (Fsp3) is 0.308. The quantitative estimate of drug-likeness (QED) is 0.576. The molecule has 1 saturated carbocycles. The minimum atomic E-state index is -0.337. The summed E-state index contributed by atoms with van der Waals surface area (Å²) in [7, 11) is 0. The Morgan fingerprint density at radius 2 is 2.06 bits per heavy atom. The van der Waals surface area contributed by atoms with Gasteiger partial charge in [0.2, 0.25) is 0 Å². The van der Waals surface area contributed by atoms with Gasteiger partial charge in [-0.25, -0.2) is 9.18 Å². The van der Waals surface area contributed by atoms with Crippen LogP contribution in [0.15, 0.2) is 30.3 Å². The largest absolute Gasteiger partial charge is 0.462 e. The number of benzene rings is 1.